The molecule has 0 fully saturated rings. The Hall–Kier alpha value is -1.10. The fourth-order valence-electron chi connectivity index (χ4n) is 1.48. The number of nitrogens with zero attached hydrogens (tertiary/aromatic N) is 1. The zero-order valence-corrected chi connectivity index (χ0v) is 12.1. The number of carbonyl (C=O) groups excluding carboxylic acids is 1. The lowest BCUT2D eigenvalue weighted by molar-refractivity contribution is -0.138. The van der Waals surface area contributed by atoms with Crippen molar-refractivity contribution in [3.63, 3.8) is 0 Å². The first kappa shape index (κ1) is 16.9. The minimum absolute atomic E-state index is 0.0495. The van der Waals surface area contributed by atoms with E-state index in [2.05, 4.69) is 5.32 Å². The molecule has 18 heavy (non-hydrogen) atoms. The summed E-state index contributed by atoms with van der Waals surface area (Å²) in [7, 11) is 0. The van der Waals surface area contributed by atoms with Crippen LogP contribution in [0, 0.1) is 0 Å². The van der Waals surface area contributed by atoms with E-state index >= 15 is 0 Å². The molecule has 1 atom stereocenters. The molecule has 5 nitrogen and oxygen atoms in total. The summed E-state index contributed by atoms with van der Waals surface area (Å²) in [6.45, 7) is 10.5. The van der Waals surface area contributed by atoms with Gasteiger partial charge in [0.25, 0.3) is 0 Å². The van der Waals surface area contributed by atoms with E-state index in [9.17, 15) is 9.59 Å². The van der Waals surface area contributed by atoms with Crippen molar-refractivity contribution in [3.8, 4) is 0 Å². The largest absolute Gasteiger partial charge is 0.481 e. The number of rotatable bonds is 7. The molecule has 1 amide bonds. The first-order valence-electron chi connectivity index (χ1n) is 6.43. The second-order valence-corrected chi connectivity index (χ2v) is 5.61. The van der Waals surface area contributed by atoms with E-state index in [1.807, 2.05) is 39.5 Å². The molecule has 2 N–H and O–H groups in total. The molecule has 5 heteroatoms. The molecule has 0 saturated heterocycles. The van der Waals surface area contributed by atoms with E-state index in [1.165, 1.54) is 0 Å². The van der Waals surface area contributed by atoms with Gasteiger partial charge in [-0.05, 0) is 34.1 Å². The highest BCUT2D eigenvalue weighted by molar-refractivity contribution is 5.78. The van der Waals surface area contributed by atoms with Crippen LogP contribution in [0.5, 0.6) is 0 Å². The van der Waals surface area contributed by atoms with Crippen molar-refractivity contribution in [1.82, 2.24) is 10.2 Å². The molecule has 0 aromatic carbocycles. The summed E-state index contributed by atoms with van der Waals surface area (Å²) in [5.41, 5.74) is -0.220. The van der Waals surface area contributed by atoms with Gasteiger partial charge in [0, 0.05) is 18.1 Å². The number of hydrogen-bond acceptors (Lipinski definition) is 3. The van der Waals surface area contributed by atoms with Crippen LogP contribution < -0.4 is 5.32 Å². The Morgan fingerprint density at radius 3 is 2.28 bits per heavy atom. The number of nitrogens with one attached hydrogen (secondary N) is 1. The lowest BCUT2D eigenvalue weighted by atomic mass is 10.1. The van der Waals surface area contributed by atoms with Gasteiger partial charge in [0.1, 0.15) is 0 Å². The molecule has 0 bridgehead atoms. The monoisotopic (exact) mass is 258 g/mol. The van der Waals surface area contributed by atoms with E-state index in [-0.39, 0.29) is 30.5 Å². The summed E-state index contributed by atoms with van der Waals surface area (Å²) >= 11 is 0. The smallest absolute Gasteiger partial charge is 0.304 e. The highest BCUT2D eigenvalue weighted by Crippen LogP contribution is 2.13. The molecule has 0 aromatic heterocycles. The predicted octanol–water partition coefficient (Wildman–Crippen LogP) is 1.48. The minimum atomic E-state index is -0.841. The van der Waals surface area contributed by atoms with Crippen LogP contribution in [0.1, 0.15) is 47.5 Å². The van der Waals surface area contributed by atoms with Crippen molar-refractivity contribution in [2.24, 2.45) is 0 Å². The first-order chi connectivity index (χ1) is 8.16. The Kier molecular flexibility index (Phi) is 6.91. The van der Waals surface area contributed by atoms with Crippen molar-refractivity contribution in [3.05, 3.63) is 0 Å². The summed E-state index contributed by atoms with van der Waals surface area (Å²) in [5.74, 6) is -0.892. The Morgan fingerprint density at radius 1 is 1.33 bits per heavy atom. The molecule has 0 aliphatic heterocycles. The number of amides is 1. The average Bonchev–Trinajstić information content (AvgIpc) is 2.21. The normalized spacial score (nSPS) is 13.4. The van der Waals surface area contributed by atoms with Crippen LogP contribution in [-0.2, 0) is 9.59 Å². The SMILES string of the molecule is CCC(C)NC(=O)CN(CCC(=O)O)C(C)(C)C. The molecule has 0 aromatic rings. The summed E-state index contributed by atoms with van der Waals surface area (Å²) in [6.07, 6.45) is 0.935. The predicted molar refractivity (Wildman–Crippen MR) is 71.5 cm³/mol. The number of carbonyl (C=O) groups is 2. The van der Waals surface area contributed by atoms with Gasteiger partial charge < -0.3 is 10.4 Å². The topological polar surface area (TPSA) is 69.6 Å². The molecule has 0 saturated carbocycles. The fourth-order valence-corrected chi connectivity index (χ4v) is 1.48. The van der Waals surface area contributed by atoms with Crippen LogP contribution in [0.15, 0.2) is 0 Å². The summed E-state index contributed by atoms with van der Waals surface area (Å²) in [4.78, 5) is 24.3. The molecular weight excluding hydrogens is 232 g/mol. The molecule has 0 rings (SSSR count). The van der Waals surface area contributed by atoms with Crippen molar-refractivity contribution in [1.29, 1.82) is 0 Å². The van der Waals surface area contributed by atoms with Gasteiger partial charge in [0.05, 0.1) is 13.0 Å². The third kappa shape index (κ3) is 7.27. The quantitative estimate of drug-likeness (QED) is 0.725. The minimum Gasteiger partial charge on any atom is -0.481 e. The van der Waals surface area contributed by atoms with E-state index in [0.717, 1.165) is 6.42 Å². The van der Waals surface area contributed by atoms with Crippen LogP contribution >= 0.6 is 0 Å². The lowest BCUT2D eigenvalue weighted by Gasteiger charge is -2.35. The molecule has 0 aliphatic rings. The maximum Gasteiger partial charge on any atom is 0.304 e. The van der Waals surface area contributed by atoms with Crippen molar-refractivity contribution < 1.29 is 14.7 Å². The van der Waals surface area contributed by atoms with Gasteiger partial charge in [-0.1, -0.05) is 6.92 Å². The van der Waals surface area contributed by atoms with Gasteiger partial charge in [-0.25, -0.2) is 0 Å². The average molecular weight is 258 g/mol. The van der Waals surface area contributed by atoms with Crippen LogP contribution in [0.25, 0.3) is 0 Å². The molecule has 0 spiro atoms. The van der Waals surface area contributed by atoms with E-state index in [1.54, 1.807) is 0 Å². The van der Waals surface area contributed by atoms with Crippen molar-refractivity contribution in [2.75, 3.05) is 13.1 Å². The van der Waals surface area contributed by atoms with Crippen LogP contribution in [0.4, 0.5) is 0 Å². The molecule has 1 unspecified atom stereocenters. The van der Waals surface area contributed by atoms with Gasteiger partial charge in [-0.3, -0.25) is 14.5 Å². The maximum absolute atomic E-state index is 11.8. The summed E-state index contributed by atoms with van der Waals surface area (Å²) < 4.78 is 0. The first-order valence-corrected chi connectivity index (χ1v) is 6.43. The van der Waals surface area contributed by atoms with Gasteiger partial charge in [0.2, 0.25) is 5.91 Å². The molecular formula is C13H26N2O3. The third-order valence-electron chi connectivity index (χ3n) is 2.90. The van der Waals surface area contributed by atoms with Crippen molar-refractivity contribution in [2.45, 2.75) is 59.0 Å². The van der Waals surface area contributed by atoms with Crippen LogP contribution in [-0.4, -0.2) is 46.6 Å². The van der Waals surface area contributed by atoms with E-state index < -0.39 is 5.97 Å². The maximum atomic E-state index is 11.8. The molecule has 0 heterocycles. The Balaban J connectivity index is 4.41. The summed E-state index contributed by atoms with van der Waals surface area (Å²) in [6, 6.07) is 0.152. The highest BCUT2D eigenvalue weighted by Gasteiger charge is 2.24. The second-order valence-electron chi connectivity index (χ2n) is 5.61. The van der Waals surface area contributed by atoms with Gasteiger partial charge in [0.15, 0.2) is 0 Å². The Labute approximate surface area is 110 Å². The Morgan fingerprint density at radius 2 is 1.89 bits per heavy atom. The zero-order valence-electron chi connectivity index (χ0n) is 12.1. The number of aliphatic carboxylic acids is 1. The fraction of sp³-hybridized carbons (Fsp3) is 0.846. The van der Waals surface area contributed by atoms with Crippen LogP contribution in [0.2, 0.25) is 0 Å². The van der Waals surface area contributed by atoms with Crippen LogP contribution in [0.3, 0.4) is 0 Å². The summed E-state index contributed by atoms with van der Waals surface area (Å²) in [5, 5.41) is 11.6. The molecule has 106 valence electrons. The zero-order chi connectivity index (χ0) is 14.3. The number of carboxylic acids is 1. The Bertz CT molecular complexity index is 284. The van der Waals surface area contributed by atoms with E-state index in [0.29, 0.717) is 6.54 Å². The van der Waals surface area contributed by atoms with Gasteiger partial charge in [-0.15, -0.1) is 0 Å². The van der Waals surface area contributed by atoms with E-state index in [4.69, 9.17) is 5.11 Å². The second kappa shape index (κ2) is 7.36. The molecule has 0 radical (unpaired) electrons. The highest BCUT2D eigenvalue weighted by atomic mass is 16.4. The van der Waals surface area contributed by atoms with Gasteiger partial charge in [-0.2, -0.15) is 0 Å². The number of hydrogen-bond donors (Lipinski definition) is 2. The molecule has 0 aliphatic carbocycles. The standard InChI is InChI=1S/C13H26N2O3/c1-6-10(2)14-11(16)9-15(13(3,4)5)8-7-12(17)18/h10H,6-9H2,1-5H3,(H,14,16)(H,17,18). The number of carboxylic acid groups (broad SMARTS) is 1. The van der Waals surface area contributed by atoms with Crippen molar-refractivity contribution >= 4 is 11.9 Å². The van der Waals surface area contributed by atoms with Gasteiger partial charge >= 0.3 is 5.97 Å². The lowest BCUT2D eigenvalue weighted by Crippen LogP contribution is -2.49. The third-order valence-corrected chi connectivity index (χ3v) is 2.90.